The largest absolute Gasteiger partial charge is 0.507 e. The highest BCUT2D eigenvalue weighted by atomic mass is 32.1. The monoisotopic (exact) mass is 534 g/mol. The molecule has 0 radical (unpaired) electrons. The van der Waals surface area contributed by atoms with Crippen molar-refractivity contribution in [1.82, 2.24) is 4.98 Å². The number of nitrogens with zero attached hydrogens (tertiary/aromatic N) is 2. The van der Waals surface area contributed by atoms with Gasteiger partial charge in [0.25, 0.3) is 5.78 Å². The highest BCUT2D eigenvalue weighted by Crippen LogP contribution is 2.46. The number of hydrogen-bond donors (Lipinski definition) is 1. The summed E-state index contributed by atoms with van der Waals surface area (Å²) in [4.78, 5) is 45.3. The molecular weight excluding hydrogens is 508 g/mol. The fourth-order valence-corrected chi connectivity index (χ4v) is 5.26. The predicted molar refractivity (Wildman–Crippen MR) is 143 cm³/mol. The van der Waals surface area contributed by atoms with E-state index in [1.807, 2.05) is 0 Å². The molecule has 9 nitrogen and oxygen atoms in total. The third-order valence-corrected chi connectivity index (χ3v) is 7.19. The molecule has 1 atom stereocenters. The fourth-order valence-electron chi connectivity index (χ4n) is 4.27. The van der Waals surface area contributed by atoms with E-state index in [9.17, 15) is 19.5 Å². The van der Waals surface area contributed by atoms with Crippen LogP contribution in [0.2, 0.25) is 0 Å². The summed E-state index contributed by atoms with van der Waals surface area (Å²) >= 11 is 0.921. The van der Waals surface area contributed by atoms with Crippen molar-refractivity contribution < 1.29 is 33.7 Å². The van der Waals surface area contributed by atoms with Gasteiger partial charge in [-0.1, -0.05) is 42.2 Å². The fraction of sp³-hybridized carbons (Fsp3) is 0.214. The molecule has 3 aromatic rings. The Hall–Kier alpha value is -4.44. The van der Waals surface area contributed by atoms with Crippen LogP contribution in [0.3, 0.4) is 0 Å². The first-order chi connectivity index (χ1) is 18.2. The highest BCUT2D eigenvalue weighted by molar-refractivity contribution is 7.17. The van der Waals surface area contributed by atoms with Gasteiger partial charge >= 0.3 is 11.9 Å². The summed E-state index contributed by atoms with van der Waals surface area (Å²) in [6, 6.07) is 10.8. The Morgan fingerprint density at radius 2 is 1.84 bits per heavy atom. The topological polar surface area (TPSA) is 115 Å². The zero-order chi connectivity index (χ0) is 27.6. The summed E-state index contributed by atoms with van der Waals surface area (Å²) in [5, 5.41) is 11.5. The lowest BCUT2D eigenvalue weighted by Gasteiger charge is -2.24. The number of carbonyl (C=O) groups excluding carboxylic acids is 3. The van der Waals surface area contributed by atoms with Crippen molar-refractivity contribution in [2.24, 2.45) is 0 Å². The van der Waals surface area contributed by atoms with Crippen LogP contribution in [0.4, 0.5) is 5.13 Å². The van der Waals surface area contributed by atoms with Gasteiger partial charge in [-0.15, -0.1) is 0 Å². The standard InChI is InChI=1S/C28H26N2O7S/c1-6-13-37-27(34)25-16(3)29-28(38-25)30-22(18-9-7-8-10-20(18)36-5)21(24(32)26(30)33)23(31)17-11-12-19(35-4)15(2)14-17/h6-12,14,22,31H,1,13H2,2-5H3/t22-/m0/s1. The molecule has 2 aromatic carbocycles. The third kappa shape index (κ3) is 4.66. The molecule has 0 saturated carbocycles. The molecule has 1 aliphatic heterocycles. The molecule has 1 aromatic heterocycles. The molecule has 2 heterocycles. The smallest absolute Gasteiger partial charge is 0.350 e. The number of thiazole rings is 1. The average molecular weight is 535 g/mol. The van der Waals surface area contributed by atoms with E-state index < -0.39 is 23.7 Å². The minimum atomic E-state index is -1.07. The molecular formula is C28H26N2O7S. The first-order valence-electron chi connectivity index (χ1n) is 11.6. The van der Waals surface area contributed by atoms with Crippen LogP contribution in [0.1, 0.15) is 38.1 Å². The lowest BCUT2D eigenvalue weighted by Crippen LogP contribution is -2.29. The van der Waals surface area contributed by atoms with Crippen LogP contribution in [-0.2, 0) is 14.3 Å². The number of methoxy groups -OCH3 is 2. The van der Waals surface area contributed by atoms with Crippen LogP contribution < -0.4 is 14.4 Å². The molecule has 1 N–H and O–H groups in total. The van der Waals surface area contributed by atoms with E-state index in [2.05, 4.69) is 11.6 Å². The number of para-hydroxylation sites is 1. The Labute approximate surface area is 223 Å². The molecule has 0 unspecified atom stereocenters. The minimum Gasteiger partial charge on any atom is -0.507 e. The number of aliphatic hydroxyl groups is 1. The van der Waals surface area contributed by atoms with E-state index in [-0.39, 0.29) is 27.9 Å². The van der Waals surface area contributed by atoms with Gasteiger partial charge in [-0.2, -0.15) is 0 Å². The van der Waals surface area contributed by atoms with Crippen LogP contribution >= 0.6 is 11.3 Å². The van der Waals surface area contributed by atoms with Crippen molar-refractivity contribution in [3.05, 3.63) is 88.0 Å². The highest BCUT2D eigenvalue weighted by Gasteiger charge is 2.49. The molecule has 38 heavy (non-hydrogen) atoms. The lowest BCUT2D eigenvalue weighted by molar-refractivity contribution is -0.132. The summed E-state index contributed by atoms with van der Waals surface area (Å²) in [5.41, 5.74) is 1.74. The molecule has 1 aliphatic rings. The quantitative estimate of drug-likeness (QED) is 0.145. The molecule has 0 spiro atoms. The van der Waals surface area contributed by atoms with E-state index >= 15 is 0 Å². The van der Waals surface area contributed by atoms with Crippen LogP contribution in [-0.4, -0.2) is 48.6 Å². The van der Waals surface area contributed by atoms with E-state index in [1.165, 1.54) is 25.2 Å². The number of aliphatic hydroxyl groups excluding tert-OH is 1. The number of hydrogen-bond acceptors (Lipinski definition) is 9. The van der Waals surface area contributed by atoms with Gasteiger partial charge in [0.2, 0.25) is 0 Å². The SMILES string of the molecule is C=CCOC(=O)c1sc(N2C(=O)C(=O)C(=C(O)c3ccc(OC)c(C)c3)[C@@H]2c2ccccc2OC)nc1C. The number of ketones is 1. The number of carbonyl (C=O) groups is 3. The van der Waals surface area contributed by atoms with E-state index in [4.69, 9.17) is 14.2 Å². The van der Waals surface area contributed by atoms with Crippen LogP contribution in [0.15, 0.2) is 60.7 Å². The van der Waals surface area contributed by atoms with Gasteiger partial charge in [-0.05, 0) is 43.7 Å². The molecule has 0 bridgehead atoms. The normalized spacial score (nSPS) is 16.4. The number of ether oxygens (including phenoxy) is 3. The van der Waals surface area contributed by atoms with Crippen LogP contribution in [0, 0.1) is 13.8 Å². The number of benzene rings is 2. The Bertz CT molecular complexity index is 1470. The molecule has 1 saturated heterocycles. The van der Waals surface area contributed by atoms with Crippen LogP contribution in [0.5, 0.6) is 11.5 Å². The molecule has 4 rings (SSSR count). The Morgan fingerprint density at radius 1 is 1.13 bits per heavy atom. The van der Waals surface area contributed by atoms with Gasteiger partial charge < -0.3 is 19.3 Å². The number of esters is 1. The number of Topliss-reactive ketones (excluding diaryl/α,β-unsaturated/α-hetero) is 1. The second kappa shape index (κ2) is 10.9. The average Bonchev–Trinajstić information content (AvgIpc) is 3.43. The Kier molecular flexibility index (Phi) is 7.63. The number of aromatic nitrogens is 1. The molecule has 196 valence electrons. The van der Waals surface area contributed by atoms with E-state index in [0.717, 1.165) is 16.9 Å². The van der Waals surface area contributed by atoms with Crippen molar-refractivity contribution >= 4 is 39.9 Å². The second-order valence-corrected chi connectivity index (χ2v) is 9.37. The first-order valence-corrected chi connectivity index (χ1v) is 12.4. The predicted octanol–water partition coefficient (Wildman–Crippen LogP) is 4.75. The summed E-state index contributed by atoms with van der Waals surface area (Å²) in [7, 11) is 3.01. The summed E-state index contributed by atoms with van der Waals surface area (Å²) in [6.07, 6.45) is 1.44. The van der Waals surface area contributed by atoms with Crippen molar-refractivity contribution in [2.75, 3.05) is 25.7 Å². The van der Waals surface area contributed by atoms with Gasteiger partial charge in [0.05, 0.1) is 25.5 Å². The molecule has 1 amide bonds. The van der Waals surface area contributed by atoms with Gasteiger partial charge in [0.1, 0.15) is 34.8 Å². The van der Waals surface area contributed by atoms with Gasteiger partial charge in [0.15, 0.2) is 5.13 Å². The summed E-state index contributed by atoms with van der Waals surface area (Å²) in [5.74, 6) is -1.75. The maximum absolute atomic E-state index is 13.5. The first kappa shape index (κ1) is 26.6. The molecule has 1 fully saturated rings. The van der Waals surface area contributed by atoms with Crippen LogP contribution in [0.25, 0.3) is 5.76 Å². The number of aryl methyl sites for hydroxylation is 2. The van der Waals surface area contributed by atoms with Gasteiger partial charge in [-0.25, -0.2) is 9.78 Å². The maximum atomic E-state index is 13.5. The van der Waals surface area contributed by atoms with Gasteiger partial charge in [-0.3, -0.25) is 14.5 Å². The maximum Gasteiger partial charge on any atom is 0.350 e. The molecule has 0 aliphatic carbocycles. The van der Waals surface area contributed by atoms with Crippen molar-refractivity contribution in [3.63, 3.8) is 0 Å². The lowest BCUT2D eigenvalue weighted by atomic mass is 9.94. The van der Waals surface area contributed by atoms with E-state index in [1.54, 1.807) is 56.3 Å². The Morgan fingerprint density at radius 3 is 2.50 bits per heavy atom. The number of amides is 1. The van der Waals surface area contributed by atoms with Crippen molar-refractivity contribution in [2.45, 2.75) is 19.9 Å². The second-order valence-electron chi connectivity index (χ2n) is 8.39. The molecule has 10 heteroatoms. The van der Waals surface area contributed by atoms with Crippen molar-refractivity contribution in [1.29, 1.82) is 0 Å². The Balaban J connectivity index is 1.93. The summed E-state index contributed by atoms with van der Waals surface area (Å²) in [6.45, 7) is 6.96. The number of rotatable bonds is 8. The summed E-state index contributed by atoms with van der Waals surface area (Å²) < 4.78 is 16.0. The van der Waals surface area contributed by atoms with Gasteiger partial charge in [0, 0.05) is 11.1 Å². The van der Waals surface area contributed by atoms with Crippen molar-refractivity contribution in [3.8, 4) is 11.5 Å². The third-order valence-electron chi connectivity index (χ3n) is 6.06. The number of anilines is 1. The van der Waals surface area contributed by atoms with E-state index in [0.29, 0.717) is 28.3 Å². The minimum absolute atomic E-state index is 0.0124. The zero-order valence-corrected chi connectivity index (χ0v) is 22.1. The zero-order valence-electron chi connectivity index (χ0n) is 21.3.